The molecule has 0 radical (unpaired) electrons. The number of aromatic nitrogens is 2. The molecular weight excluding hydrogens is 530 g/mol. The van der Waals surface area contributed by atoms with E-state index in [1.807, 2.05) is 12.1 Å². The van der Waals surface area contributed by atoms with Gasteiger partial charge >= 0.3 is 0 Å². The molecule has 224 valence electrons. The van der Waals surface area contributed by atoms with Crippen LogP contribution in [0.4, 0.5) is 11.4 Å². The van der Waals surface area contributed by atoms with Crippen molar-refractivity contribution < 1.29 is 19.0 Å². The normalized spacial score (nSPS) is 27.3. The van der Waals surface area contributed by atoms with Gasteiger partial charge in [0.05, 0.1) is 18.3 Å². The molecule has 6 rings (SSSR count). The van der Waals surface area contributed by atoms with E-state index in [1.165, 1.54) is 6.42 Å². The van der Waals surface area contributed by atoms with Crippen LogP contribution < -0.4 is 30.6 Å². The number of methoxy groups -OCH3 is 1. The highest BCUT2D eigenvalue weighted by Gasteiger charge is 2.48. The fourth-order valence-electron chi connectivity index (χ4n) is 7.63. The monoisotopic (exact) mass is 573 g/mol. The van der Waals surface area contributed by atoms with Crippen LogP contribution in [0.15, 0.2) is 36.5 Å². The number of nitrogen functional groups attached to an aromatic ring is 1. The number of ether oxygens (including phenoxy) is 3. The fourth-order valence-corrected chi connectivity index (χ4v) is 7.63. The number of carbonyl (C=O) groups is 1. The Morgan fingerprint density at radius 2 is 1.83 bits per heavy atom. The first-order valence-electron chi connectivity index (χ1n) is 15.3. The van der Waals surface area contributed by atoms with Gasteiger partial charge in [0.15, 0.2) is 11.5 Å². The molecule has 2 aliphatic carbocycles. The Kier molecular flexibility index (Phi) is 7.87. The van der Waals surface area contributed by atoms with Crippen molar-refractivity contribution >= 4 is 28.3 Å². The van der Waals surface area contributed by atoms with E-state index in [9.17, 15) is 4.79 Å². The molecule has 1 aromatic carbocycles. The van der Waals surface area contributed by atoms with Crippen LogP contribution in [0.2, 0.25) is 0 Å². The number of hydrogen-bond donors (Lipinski definition) is 3. The van der Waals surface area contributed by atoms with Crippen molar-refractivity contribution in [1.82, 2.24) is 15.3 Å². The van der Waals surface area contributed by atoms with Gasteiger partial charge in [-0.05, 0) is 80.0 Å². The Morgan fingerprint density at radius 1 is 1.07 bits per heavy atom. The number of amides is 1. The third-order valence-electron chi connectivity index (χ3n) is 9.69. The Hall–Kier alpha value is -3.59. The Balaban J connectivity index is 1.20. The molecule has 0 bridgehead atoms. The number of nitrogens with zero attached hydrogens (tertiary/aromatic N) is 2. The molecule has 2 saturated carbocycles. The zero-order valence-electron chi connectivity index (χ0n) is 25.1. The molecule has 1 aliphatic heterocycles. The van der Waals surface area contributed by atoms with Gasteiger partial charge in [0.2, 0.25) is 18.6 Å². The molecule has 4 N–H and O–H groups in total. The summed E-state index contributed by atoms with van der Waals surface area (Å²) in [5.41, 5.74) is 10.4. The van der Waals surface area contributed by atoms with Gasteiger partial charge in [-0.2, -0.15) is 0 Å². The largest absolute Gasteiger partial charge is 0.481 e. The second kappa shape index (κ2) is 11.6. The minimum atomic E-state index is -0.267. The standard InChI is InChI=1S/C33H43N5O4/c1-19(2)23-10-5-20(3)17-33(23,24-15-28-29(16-25(24)34)42-18-41-28)38-22-8-6-21(7-9-22)32(39)36-27-13-14-35-26-11-12-30(40-4)37-31(26)27/h11-16,19-23,38H,5-10,17-18,34H2,1-4H3,(H,35,36,39). The minimum absolute atomic E-state index is 0.0339. The molecule has 9 nitrogen and oxygen atoms in total. The fraction of sp³-hybridized carbons (Fsp3) is 0.545. The molecular formula is C33H43N5O4. The number of rotatable bonds is 7. The molecule has 2 fully saturated rings. The van der Waals surface area contributed by atoms with Gasteiger partial charge < -0.3 is 30.6 Å². The highest BCUT2D eigenvalue weighted by molar-refractivity contribution is 6.00. The van der Waals surface area contributed by atoms with E-state index in [0.717, 1.165) is 66.8 Å². The molecule has 3 aliphatic rings. The quantitative estimate of drug-likeness (QED) is 0.293. The SMILES string of the molecule is COc1ccc2nccc(NC(=O)C3CCC(NC4(c5cc6c(cc5N)OCO6)CC(C)CCC4C(C)C)CC3)c2n1. The lowest BCUT2D eigenvalue weighted by atomic mass is 9.61. The van der Waals surface area contributed by atoms with Crippen molar-refractivity contribution in [3.63, 3.8) is 0 Å². The maximum absolute atomic E-state index is 13.4. The summed E-state index contributed by atoms with van der Waals surface area (Å²) in [7, 11) is 1.58. The Bertz CT molecular complexity index is 1450. The van der Waals surface area contributed by atoms with Gasteiger partial charge in [0.1, 0.15) is 5.52 Å². The molecule has 1 amide bonds. The van der Waals surface area contributed by atoms with Crippen LogP contribution in [0.5, 0.6) is 17.4 Å². The van der Waals surface area contributed by atoms with Gasteiger partial charge in [-0.3, -0.25) is 9.78 Å². The van der Waals surface area contributed by atoms with Crippen LogP contribution >= 0.6 is 0 Å². The Morgan fingerprint density at radius 3 is 2.57 bits per heavy atom. The number of nitrogens with two attached hydrogens (primary N) is 1. The molecule has 9 heteroatoms. The third-order valence-corrected chi connectivity index (χ3v) is 9.69. The number of fused-ring (bicyclic) bond motifs is 2. The van der Waals surface area contributed by atoms with Gasteiger partial charge in [0.25, 0.3) is 0 Å². The number of nitrogens with one attached hydrogen (secondary N) is 2. The van der Waals surface area contributed by atoms with Crippen LogP contribution in [-0.4, -0.2) is 35.8 Å². The maximum Gasteiger partial charge on any atom is 0.231 e. The molecule has 2 aromatic heterocycles. The van der Waals surface area contributed by atoms with E-state index in [2.05, 4.69) is 47.4 Å². The molecule has 42 heavy (non-hydrogen) atoms. The van der Waals surface area contributed by atoms with Crippen molar-refractivity contribution in [3.05, 3.63) is 42.1 Å². The average Bonchev–Trinajstić information content (AvgIpc) is 3.44. The van der Waals surface area contributed by atoms with Crippen LogP contribution in [0.1, 0.15) is 71.3 Å². The van der Waals surface area contributed by atoms with Crippen molar-refractivity contribution in [2.24, 2.45) is 23.7 Å². The second-order valence-corrected chi connectivity index (χ2v) is 12.8. The van der Waals surface area contributed by atoms with Crippen LogP contribution in [0.25, 0.3) is 11.0 Å². The lowest BCUT2D eigenvalue weighted by molar-refractivity contribution is -0.121. The van der Waals surface area contributed by atoms with E-state index in [4.69, 9.17) is 19.9 Å². The van der Waals surface area contributed by atoms with Crippen LogP contribution in [0.3, 0.4) is 0 Å². The van der Waals surface area contributed by atoms with E-state index >= 15 is 0 Å². The molecule has 3 heterocycles. The lowest BCUT2D eigenvalue weighted by Crippen LogP contribution is -2.57. The highest BCUT2D eigenvalue weighted by atomic mass is 16.7. The van der Waals surface area contributed by atoms with E-state index in [1.54, 1.807) is 25.4 Å². The Labute approximate surface area is 247 Å². The summed E-state index contributed by atoms with van der Waals surface area (Å²) in [4.78, 5) is 22.3. The smallest absolute Gasteiger partial charge is 0.231 e. The maximum atomic E-state index is 13.4. The summed E-state index contributed by atoms with van der Waals surface area (Å²) >= 11 is 0. The summed E-state index contributed by atoms with van der Waals surface area (Å²) in [6.07, 6.45) is 8.56. The number of anilines is 2. The number of pyridine rings is 2. The first kappa shape index (κ1) is 28.5. The van der Waals surface area contributed by atoms with Crippen LogP contribution in [-0.2, 0) is 10.3 Å². The highest BCUT2D eigenvalue weighted by Crippen LogP contribution is 2.52. The number of carbonyl (C=O) groups excluding carboxylic acids is 1. The van der Waals surface area contributed by atoms with Crippen LogP contribution in [0, 0.1) is 23.7 Å². The molecule has 0 spiro atoms. The molecule has 3 unspecified atom stereocenters. The summed E-state index contributed by atoms with van der Waals surface area (Å²) in [5.74, 6) is 3.45. The van der Waals surface area contributed by atoms with Gasteiger partial charge in [-0.15, -0.1) is 0 Å². The predicted molar refractivity (Wildman–Crippen MR) is 164 cm³/mol. The van der Waals surface area contributed by atoms with Crippen molar-refractivity contribution in [2.75, 3.05) is 25.0 Å². The van der Waals surface area contributed by atoms with Gasteiger partial charge in [-0.25, -0.2) is 4.98 Å². The number of benzene rings is 1. The topological polar surface area (TPSA) is 121 Å². The lowest BCUT2D eigenvalue weighted by Gasteiger charge is -2.52. The molecule has 3 aromatic rings. The average molecular weight is 574 g/mol. The summed E-state index contributed by atoms with van der Waals surface area (Å²) in [6.45, 7) is 7.24. The number of hydrogen-bond acceptors (Lipinski definition) is 8. The zero-order valence-corrected chi connectivity index (χ0v) is 25.1. The van der Waals surface area contributed by atoms with Crippen molar-refractivity contribution in [3.8, 4) is 17.4 Å². The second-order valence-electron chi connectivity index (χ2n) is 12.8. The summed E-state index contributed by atoms with van der Waals surface area (Å²) in [6, 6.07) is 9.78. The summed E-state index contributed by atoms with van der Waals surface area (Å²) in [5, 5.41) is 7.32. The molecule has 0 saturated heterocycles. The first-order valence-corrected chi connectivity index (χ1v) is 15.3. The third kappa shape index (κ3) is 5.35. The van der Waals surface area contributed by atoms with Crippen molar-refractivity contribution in [2.45, 2.75) is 77.3 Å². The minimum Gasteiger partial charge on any atom is -0.481 e. The van der Waals surface area contributed by atoms with E-state index in [0.29, 0.717) is 34.8 Å². The van der Waals surface area contributed by atoms with Gasteiger partial charge in [-0.1, -0.05) is 27.2 Å². The van der Waals surface area contributed by atoms with E-state index in [-0.39, 0.29) is 30.2 Å². The summed E-state index contributed by atoms with van der Waals surface area (Å²) < 4.78 is 16.7. The van der Waals surface area contributed by atoms with Crippen molar-refractivity contribution in [1.29, 1.82) is 0 Å². The first-order chi connectivity index (χ1) is 20.3. The zero-order chi connectivity index (χ0) is 29.4. The van der Waals surface area contributed by atoms with E-state index < -0.39 is 0 Å². The predicted octanol–water partition coefficient (Wildman–Crippen LogP) is 6.02. The molecule has 3 atom stereocenters. The van der Waals surface area contributed by atoms with Gasteiger partial charge in [0, 0.05) is 41.5 Å².